The molecule has 0 saturated carbocycles. The first kappa shape index (κ1) is 17.0. The summed E-state index contributed by atoms with van der Waals surface area (Å²) in [5.41, 5.74) is 11.2. The van der Waals surface area contributed by atoms with Gasteiger partial charge in [0.15, 0.2) is 0 Å². The van der Waals surface area contributed by atoms with Gasteiger partial charge in [0.25, 0.3) is 0 Å². The molecular weight excluding hydrogens is 354 g/mol. The van der Waals surface area contributed by atoms with Crippen LogP contribution in [-0.2, 0) is 23.1 Å². The number of rotatable bonds is 1. The number of nitrogens with one attached hydrogen (secondary N) is 1. The number of benzene rings is 3. The lowest BCUT2D eigenvalue weighted by atomic mass is 9.64. The molecule has 2 heteroatoms. The highest BCUT2D eigenvalue weighted by molar-refractivity contribution is 5.81. The van der Waals surface area contributed by atoms with Gasteiger partial charge in [0.1, 0.15) is 0 Å². The third-order valence-corrected chi connectivity index (χ3v) is 7.53. The normalized spacial score (nSPS) is 24.2. The van der Waals surface area contributed by atoms with Crippen LogP contribution in [0, 0.1) is 0 Å². The number of carbonyl (C=O) groups is 1. The highest BCUT2D eigenvalue weighted by Gasteiger charge is 2.43. The van der Waals surface area contributed by atoms with Crippen molar-refractivity contribution in [3.05, 3.63) is 82.9 Å². The molecule has 2 atom stereocenters. The van der Waals surface area contributed by atoms with Crippen molar-refractivity contribution in [3.63, 3.8) is 0 Å². The average molecular weight is 380 g/mol. The third kappa shape index (κ3) is 2.51. The van der Waals surface area contributed by atoms with Crippen molar-refractivity contribution in [3.8, 4) is 22.3 Å². The van der Waals surface area contributed by atoms with Crippen LogP contribution in [0.2, 0.25) is 0 Å². The van der Waals surface area contributed by atoms with Crippen LogP contribution < -0.4 is 5.32 Å². The van der Waals surface area contributed by atoms with Crippen LogP contribution in [0.3, 0.4) is 0 Å². The maximum Gasteiger partial charge on any atom is 0.220 e. The standard InChI is InChI=1S/C27H25NO/c1-27-13-12-26(29)28-25(27)11-8-20-14-18(7-10-24(20)27)17-6-9-23-21(15-17)16-19-4-2-3-5-22(19)23/h2-7,9-10,14-15,25H,8,11-13,16H2,1H3,(H,28,29)/t25-,27-/m1/s1. The smallest absolute Gasteiger partial charge is 0.220 e. The third-order valence-electron chi connectivity index (χ3n) is 7.53. The number of aryl methyl sites for hydroxylation is 1. The molecule has 1 fully saturated rings. The molecule has 1 aliphatic heterocycles. The van der Waals surface area contributed by atoms with E-state index >= 15 is 0 Å². The van der Waals surface area contributed by atoms with Gasteiger partial charge in [0.2, 0.25) is 5.91 Å². The van der Waals surface area contributed by atoms with Crippen LogP contribution in [-0.4, -0.2) is 11.9 Å². The van der Waals surface area contributed by atoms with Crippen LogP contribution in [0.1, 0.15) is 48.4 Å². The van der Waals surface area contributed by atoms with E-state index in [9.17, 15) is 4.79 Å². The molecule has 1 saturated heterocycles. The van der Waals surface area contributed by atoms with Crippen LogP contribution in [0.5, 0.6) is 0 Å². The van der Waals surface area contributed by atoms with Crippen molar-refractivity contribution >= 4 is 5.91 Å². The van der Waals surface area contributed by atoms with E-state index in [1.165, 1.54) is 44.5 Å². The van der Waals surface area contributed by atoms with Crippen molar-refractivity contribution in [2.24, 2.45) is 0 Å². The van der Waals surface area contributed by atoms with E-state index < -0.39 is 0 Å². The van der Waals surface area contributed by atoms with Gasteiger partial charge in [-0.3, -0.25) is 4.79 Å². The maximum absolute atomic E-state index is 11.9. The van der Waals surface area contributed by atoms with Crippen molar-refractivity contribution in [1.82, 2.24) is 5.32 Å². The molecule has 144 valence electrons. The first-order valence-corrected chi connectivity index (χ1v) is 10.8. The molecule has 6 rings (SSSR count). The van der Waals surface area contributed by atoms with E-state index in [1.807, 2.05) is 0 Å². The lowest BCUT2D eigenvalue weighted by Gasteiger charge is -2.46. The minimum atomic E-state index is 0.0690. The summed E-state index contributed by atoms with van der Waals surface area (Å²) in [6.45, 7) is 2.33. The predicted octanol–water partition coefficient (Wildman–Crippen LogP) is 5.41. The Morgan fingerprint density at radius 2 is 1.62 bits per heavy atom. The van der Waals surface area contributed by atoms with E-state index in [2.05, 4.69) is 72.9 Å². The molecule has 2 aliphatic carbocycles. The number of hydrogen-bond acceptors (Lipinski definition) is 1. The van der Waals surface area contributed by atoms with E-state index in [0.29, 0.717) is 6.42 Å². The van der Waals surface area contributed by atoms with Gasteiger partial charge in [-0.05, 0) is 70.2 Å². The minimum Gasteiger partial charge on any atom is -0.352 e. The summed E-state index contributed by atoms with van der Waals surface area (Å²) in [5, 5.41) is 3.24. The Balaban J connectivity index is 1.37. The van der Waals surface area contributed by atoms with Crippen molar-refractivity contribution in [2.45, 2.75) is 50.5 Å². The fourth-order valence-corrected chi connectivity index (χ4v) is 5.85. The molecular formula is C27H25NO. The maximum atomic E-state index is 11.9. The first-order valence-electron chi connectivity index (χ1n) is 10.8. The van der Waals surface area contributed by atoms with Gasteiger partial charge in [-0.1, -0.05) is 67.6 Å². The molecule has 1 N–H and O–H groups in total. The van der Waals surface area contributed by atoms with Crippen molar-refractivity contribution in [2.75, 3.05) is 0 Å². The Morgan fingerprint density at radius 3 is 2.52 bits per heavy atom. The number of amides is 1. The van der Waals surface area contributed by atoms with E-state index in [1.54, 1.807) is 0 Å². The van der Waals surface area contributed by atoms with Gasteiger partial charge < -0.3 is 5.32 Å². The summed E-state index contributed by atoms with van der Waals surface area (Å²) in [6.07, 6.45) is 4.70. The Bertz CT molecular complexity index is 1160. The molecule has 1 heterocycles. The van der Waals surface area contributed by atoms with Gasteiger partial charge in [-0.2, -0.15) is 0 Å². The Hall–Kier alpha value is -2.87. The van der Waals surface area contributed by atoms with Crippen LogP contribution in [0.25, 0.3) is 22.3 Å². The number of carbonyl (C=O) groups excluding carboxylic acids is 1. The SMILES string of the molecule is C[C@]12CCC(=O)N[C@@H]1CCc1cc(-c3ccc4c(c3)Cc3ccccc3-4)ccc12. The molecule has 3 aliphatic rings. The largest absolute Gasteiger partial charge is 0.352 e. The highest BCUT2D eigenvalue weighted by atomic mass is 16.1. The summed E-state index contributed by atoms with van der Waals surface area (Å²) in [7, 11) is 0. The second kappa shape index (κ2) is 6.06. The van der Waals surface area contributed by atoms with Crippen LogP contribution in [0.4, 0.5) is 0 Å². The first-order chi connectivity index (χ1) is 14.1. The molecule has 3 aromatic rings. The molecule has 0 aromatic heterocycles. The monoisotopic (exact) mass is 379 g/mol. The second-order valence-corrected chi connectivity index (χ2v) is 9.15. The second-order valence-electron chi connectivity index (χ2n) is 9.15. The summed E-state index contributed by atoms with van der Waals surface area (Å²) < 4.78 is 0. The van der Waals surface area contributed by atoms with Gasteiger partial charge in [0.05, 0.1) is 0 Å². The van der Waals surface area contributed by atoms with Crippen molar-refractivity contribution in [1.29, 1.82) is 0 Å². The van der Waals surface area contributed by atoms with Crippen LogP contribution >= 0.6 is 0 Å². The number of hydrogen-bond donors (Lipinski definition) is 1. The zero-order valence-electron chi connectivity index (χ0n) is 16.8. The van der Waals surface area contributed by atoms with E-state index in [0.717, 1.165) is 25.7 Å². The fourth-order valence-electron chi connectivity index (χ4n) is 5.85. The summed E-state index contributed by atoms with van der Waals surface area (Å²) in [6, 6.07) is 23.0. The predicted molar refractivity (Wildman–Crippen MR) is 117 cm³/mol. The Morgan fingerprint density at radius 1 is 0.862 bits per heavy atom. The summed E-state index contributed by atoms with van der Waals surface area (Å²) in [4.78, 5) is 11.9. The number of fused-ring (bicyclic) bond motifs is 6. The van der Waals surface area contributed by atoms with Crippen molar-refractivity contribution < 1.29 is 4.79 Å². The molecule has 29 heavy (non-hydrogen) atoms. The topological polar surface area (TPSA) is 29.1 Å². The highest BCUT2D eigenvalue weighted by Crippen LogP contribution is 2.44. The molecule has 1 amide bonds. The molecule has 0 spiro atoms. The molecule has 3 aromatic carbocycles. The zero-order chi connectivity index (χ0) is 19.6. The van der Waals surface area contributed by atoms with Gasteiger partial charge in [-0.15, -0.1) is 0 Å². The van der Waals surface area contributed by atoms with E-state index in [4.69, 9.17) is 0 Å². The molecule has 0 unspecified atom stereocenters. The van der Waals surface area contributed by atoms with Gasteiger partial charge >= 0.3 is 0 Å². The van der Waals surface area contributed by atoms with Crippen LogP contribution in [0.15, 0.2) is 60.7 Å². The molecule has 0 bridgehead atoms. The summed E-state index contributed by atoms with van der Waals surface area (Å²) in [5.74, 6) is 0.215. The molecule has 2 nitrogen and oxygen atoms in total. The fraction of sp³-hybridized carbons (Fsp3) is 0.296. The van der Waals surface area contributed by atoms with E-state index in [-0.39, 0.29) is 17.4 Å². The van der Waals surface area contributed by atoms with Gasteiger partial charge in [0, 0.05) is 17.9 Å². The minimum absolute atomic E-state index is 0.0690. The van der Waals surface area contributed by atoms with Gasteiger partial charge in [-0.25, -0.2) is 0 Å². The zero-order valence-corrected chi connectivity index (χ0v) is 16.8. The lowest BCUT2D eigenvalue weighted by Crippen LogP contribution is -2.55. The quantitative estimate of drug-likeness (QED) is 0.471. The Kier molecular flexibility index (Phi) is 3.56. The summed E-state index contributed by atoms with van der Waals surface area (Å²) >= 11 is 0. The Labute approximate surface area is 172 Å². The average Bonchev–Trinajstić information content (AvgIpc) is 3.12. The number of piperidine rings is 1. The molecule has 0 radical (unpaired) electrons. The lowest BCUT2D eigenvalue weighted by molar-refractivity contribution is -0.125.